The number of benzene rings is 1. The second-order valence-electron chi connectivity index (χ2n) is 6.91. The molecule has 2 aromatic rings. The van der Waals surface area contributed by atoms with Crippen molar-refractivity contribution in [2.45, 2.75) is 27.7 Å². The van der Waals surface area contributed by atoms with Crippen LogP contribution in [0.3, 0.4) is 0 Å². The molecule has 2 heterocycles. The molecule has 0 aliphatic carbocycles. The summed E-state index contributed by atoms with van der Waals surface area (Å²) in [6, 6.07) is 6.19. The number of carbonyl (C=O) groups is 1. The molecule has 0 bridgehead atoms. The Balaban J connectivity index is 2.15. The van der Waals surface area contributed by atoms with Gasteiger partial charge in [-0.15, -0.1) is 0 Å². The fourth-order valence-corrected chi connectivity index (χ4v) is 4.26. The Morgan fingerprint density at radius 1 is 1.20 bits per heavy atom. The van der Waals surface area contributed by atoms with Gasteiger partial charge in [0.2, 0.25) is 4.80 Å². The summed E-state index contributed by atoms with van der Waals surface area (Å²) in [4.78, 5) is 20.2. The average molecular weight is 360 g/mol. The standard InChI is InChI=1S/C19H26N4OS/c1-13-7-6-8-17(14(13)2)20-19-23(15(3)18(25-19)16(4)24)22-11-9-21(5)10-12-22/h6-8H,9-12H2,1-5H3/p+1. The minimum Gasteiger partial charge on any atom is -0.334 e. The normalized spacial score (nSPS) is 16.5. The molecule has 0 unspecified atom stereocenters. The number of carbonyl (C=O) groups excluding carboxylic acids is 1. The average Bonchev–Trinajstić information content (AvgIpc) is 2.89. The largest absolute Gasteiger partial charge is 0.334 e. The van der Waals surface area contributed by atoms with Crippen LogP contribution >= 0.6 is 11.3 Å². The molecule has 1 aromatic carbocycles. The number of Topliss-reactive ketones (excluding diaryl/α,β-unsaturated/α-hetero) is 1. The van der Waals surface area contributed by atoms with Gasteiger partial charge in [-0.25, -0.2) is 9.67 Å². The maximum absolute atomic E-state index is 12.1. The number of thiazole rings is 1. The van der Waals surface area contributed by atoms with E-state index in [9.17, 15) is 4.79 Å². The van der Waals surface area contributed by atoms with E-state index in [4.69, 9.17) is 4.99 Å². The molecule has 1 aliphatic heterocycles. The second kappa shape index (κ2) is 7.14. The first-order chi connectivity index (χ1) is 11.9. The van der Waals surface area contributed by atoms with Crippen LogP contribution in [0.4, 0.5) is 5.69 Å². The van der Waals surface area contributed by atoms with Gasteiger partial charge in [0.05, 0.1) is 49.5 Å². The van der Waals surface area contributed by atoms with Gasteiger partial charge < -0.3 is 4.90 Å². The number of hydrogen-bond acceptors (Lipinski definition) is 4. The van der Waals surface area contributed by atoms with Crippen molar-refractivity contribution in [2.24, 2.45) is 4.99 Å². The molecule has 25 heavy (non-hydrogen) atoms. The number of aromatic nitrogens is 1. The van der Waals surface area contributed by atoms with Gasteiger partial charge in [0.1, 0.15) is 0 Å². The summed E-state index contributed by atoms with van der Waals surface area (Å²) in [5.74, 6) is 0.110. The van der Waals surface area contributed by atoms with Gasteiger partial charge in [0.25, 0.3) is 0 Å². The maximum atomic E-state index is 12.1. The quantitative estimate of drug-likeness (QED) is 0.842. The van der Waals surface area contributed by atoms with E-state index >= 15 is 0 Å². The lowest BCUT2D eigenvalue weighted by molar-refractivity contribution is -0.880. The zero-order valence-corrected chi connectivity index (χ0v) is 16.5. The first-order valence-corrected chi connectivity index (χ1v) is 9.61. The van der Waals surface area contributed by atoms with Crippen LogP contribution in [0.1, 0.15) is 33.4 Å². The Morgan fingerprint density at radius 2 is 1.88 bits per heavy atom. The fraction of sp³-hybridized carbons (Fsp3) is 0.474. The Bertz CT molecular complexity index is 857. The molecule has 0 radical (unpaired) electrons. The summed E-state index contributed by atoms with van der Waals surface area (Å²) in [5.41, 5.74) is 4.40. The van der Waals surface area contributed by atoms with Crippen LogP contribution in [0.15, 0.2) is 23.2 Å². The van der Waals surface area contributed by atoms with Crippen molar-refractivity contribution in [3.8, 4) is 0 Å². The number of ketones is 1. The van der Waals surface area contributed by atoms with Gasteiger partial charge in [-0.05, 0) is 38.0 Å². The van der Waals surface area contributed by atoms with Crippen molar-refractivity contribution in [1.82, 2.24) is 4.68 Å². The Labute approximate surface area is 153 Å². The monoisotopic (exact) mass is 359 g/mol. The number of quaternary nitrogens is 1. The zero-order chi connectivity index (χ0) is 18.1. The van der Waals surface area contributed by atoms with Crippen LogP contribution in [-0.4, -0.2) is 43.7 Å². The minimum atomic E-state index is 0.110. The van der Waals surface area contributed by atoms with E-state index in [1.165, 1.54) is 22.5 Å². The highest BCUT2D eigenvalue weighted by Gasteiger charge is 2.22. The molecule has 0 spiro atoms. The number of aryl methyl sites for hydroxylation is 1. The van der Waals surface area contributed by atoms with Crippen LogP contribution in [-0.2, 0) is 0 Å². The molecule has 1 saturated heterocycles. The van der Waals surface area contributed by atoms with Gasteiger partial charge in [-0.1, -0.05) is 23.5 Å². The Morgan fingerprint density at radius 3 is 2.52 bits per heavy atom. The molecular formula is C19H27N4OS+. The number of nitrogens with zero attached hydrogens (tertiary/aromatic N) is 3. The van der Waals surface area contributed by atoms with Gasteiger partial charge in [0, 0.05) is 6.92 Å². The number of rotatable bonds is 3. The molecule has 3 rings (SSSR count). The molecule has 1 fully saturated rings. The molecule has 1 aliphatic rings. The van der Waals surface area contributed by atoms with Gasteiger partial charge in [-0.3, -0.25) is 9.80 Å². The zero-order valence-electron chi connectivity index (χ0n) is 15.7. The first-order valence-electron chi connectivity index (χ1n) is 8.79. The van der Waals surface area contributed by atoms with E-state index in [2.05, 4.69) is 36.6 Å². The maximum Gasteiger partial charge on any atom is 0.209 e. The van der Waals surface area contributed by atoms with Crippen LogP contribution < -0.4 is 14.7 Å². The summed E-state index contributed by atoms with van der Waals surface area (Å²) >= 11 is 1.50. The van der Waals surface area contributed by atoms with Crippen LogP contribution in [0, 0.1) is 20.8 Å². The molecule has 5 nitrogen and oxygen atoms in total. The van der Waals surface area contributed by atoms with Gasteiger partial charge in [0.15, 0.2) is 5.78 Å². The summed E-state index contributed by atoms with van der Waals surface area (Å²) in [6.07, 6.45) is 0. The highest BCUT2D eigenvalue weighted by molar-refractivity contribution is 7.11. The van der Waals surface area contributed by atoms with Crippen molar-refractivity contribution in [2.75, 3.05) is 38.2 Å². The number of likely N-dealkylation sites (N-methyl/N-ethyl adjacent to an activating group) is 1. The highest BCUT2D eigenvalue weighted by atomic mass is 32.1. The van der Waals surface area contributed by atoms with E-state index < -0.39 is 0 Å². The third-order valence-electron chi connectivity index (χ3n) is 5.01. The summed E-state index contributed by atoms with van der Waals surface area (Å²) in [6.45, 7) is 12.0. The van der Waals surface area contributed by atoms with Crippen molar-refractivity contribution in [3.05, 3.63) is 44.7 Å². The fourth-order valence-electron chi connectivity index (χ4n) is 3.21. The molecule has 0 atom stereocenters. The van der Waals surface area contributed by atoms with Crippen molar-refractivity contribution in [1.29, 1.82) is 0 Å². The van der Waals surface area contributed by atoms with Gasteiger partial charge >= 0.3 is 0 Å². The van der Waals surface area contributed by atoms with Crippen LogP contribution in [0.25, 0.3) is 0 Å². The van der Waals surface area contributed by atoms with E-state index in [1.807, 2.05) is 19.1 Å². The van der Waals surface area contributed by atoms with E-state index in [0.717, 1.165) is 47.2 Å². The van der Waals surface area contributed by atoms with Crippen molar-refractivity contribution < 1.29 is 9.69 Å². The number of piperazine rings is 1. The summed E-state index contributed by atoms with van der Waals surface area (Å²) < 4.78 is 2.16. The predicted molar refractivity (Wildman–Crippen MR) is 103 cm³/mol. The molecule has 134 valence electrons. The number of hydrogen-bond donors (Lipinski definition) is 1. The summed E-state index contributed by atoms with van der Waals surface area (Å²) in [7, 11) is 2.23. The van der Waals surface area contributed by atoms with Crippen LogP contribution in [0.5, 0.6) is 0 Å². The lowest BCUT2D eigenvalue weighted by Crippen LogP contribution is -3.12. The SMILES string of the molecule is CC(=O)c1sc(=Nc2cccc(C)c2C)n(N2CC[NH+](C)CC2)c1C. The minimum absolute atomic E-state index is 0.110. The third-order valence-corrected chi connectivity index (χ3v) is 6.24. The van der Waals surface area contributed by atoms with Crippen LogP contribution in [0.2, 0.25) is 0 Å². The molecule has 0 saturated carbocycles. The highest BCUT2D eigenvalue weighted by Crippen LogP contribution is 2.22. The Hall–Kier alpha value is -1.92. The molecular weight excluding hydrogens is 332 g/mol. The summed E-state index contributed by atoms with van der Waals surface area (Å²) in [5, 5.41) is 2.33. The predicted octanol–water partition coefficient (Wildman–Crippen LogP) is 1.38. The Kier molecular flexibility index (Phi) is 5.11. The van der Waals surface area contributed by atoms with E-state index in [0.29, 0.717) is 0 Å². The van der Waals surface area contributed by atoms with Gasteiger partial charge in [-0.2, -0.15) is 0 Å². The topological polar surface area (TPSA) is 42.0 Å². The molecule has 0 amide bonds. The van der Waals surface area contributed by atoms with Crippen molar-refractivity contribution >= 4 is 22.8 Å². The smallest absolute Gasteiger partial charge is 0.209 e. The van der Waals surface area contributed by atoms with E-state index in [-0.39, 0.29) is 5.78 Å². The first kappa shape index (κ1) is 17.9. The lowest BCUT2D eigenvalue weighted by Gasteiger charge is -2.33. The molecule has 6 heteroatoms. The molecule has 1 aromatic heterocycles. The number of nitrogens with one attached hydrogen (secondary N) is 1. The third kappa shape index (κ3) is 3.55. The van der Waals surface area contributed by atoms with E-state index in [1.54, 1.807) is 11.8 Å². The molecule has 1 N–H and O–H groups in total. The van der Waals surface area contributed by atoms with Crippen molar-refractivity contribution in [3.63, 3.8) is 0 Å². The lowest BCUT2D eigenvalue weighted by atomic mass is 10.1. The second-order valence-corrected chi connectivity index (χ2v) is 7.89.